The molecule has 0 aliphatic rings. The Balaban J connectivity index is 2.92. The Morgan fingerprint density at radius 3 is 3.15 bits per heavy atom. The average Bonchev–Trinajstić information content (AvgIpc) is 2.15. The second-order valence-electron chi connectivity index (χ2n) is 2.05. The highest BCUT2D eigenvalue weighted by atomic mass is 16.5. The van der Waals surface area contributed by atoms with Gasteiger partial charge >= 0.3 is 5.97 Å². The van der Waals surface area contributed by atoms with E-state index in [-0.39, 0.29) is 18.1 Å². The first-order valence-corrected chi connectivity index (χ1v) is 3.37. The second-order valence-corrected chi connectivity index (χ2v) is 2.05. The molecule has 0 fully saturated rings. The summed E-state index contributed by atoms with van der Waals surface area (Å²) in [5, 5.41) is 15.6. The Bertz CT molecular complexity index is 357. The summed E-state index contributed by atoms with van der Waals surface area (Å²) in [4.78, 5) is 10.6. The van der Waals surface area contributed by atoms with Gasteiger partial charge < -0.3 is 9.84 Å². The lowest BCUT2D eigenvalue weighted by Gasteiger charge is -2.02. The van der Waals surface area contributed by atoms with Gasteiger partial charge in [-0.05, 0) is 6.07 Å². The average molecular weight is 178 g/mol. The molecule has 0 saturated carbocycles. The third-order valence-electron chi connectivity index (χ3n) is 1.21. The van der Waals surface area contributed by atoms with Crippen molar-refractivity contribution in [3.8, 4) is 18.2 Å². The van der Waals surface area contributed by atoms with Crippen molar-refractivity contribution >= 4 is 5.97 Å². The van der Waals surface area contributed by atoms with Crippen LogP contribution in [-0.4, -0.2) is 27.9 Å². The van der Waals surface area contributed by atoms with Gasteiger partial charge in [-0.3, -0.25) is 0 Å². The van der Waals surface area contributed by atoms with Crippen molar-refractivity contribution in [2.24, 2.45) is 0 Å². The first-order valence-electron chi connectivity index (χ1n) is 3.37. The number of aromatic carboxylic acids is 1. The van der Waals surface area contributed by atoms with Crippen LogP contribution in [0.5, 0.6) is 5.88 Å². The molecule has 1 rings (SSSR count). The van der Waals surface area contributed by atoms with Gasteiger partial charge in [-0.1, -0.05) is 5.92 Å². The topological polar surface area (TPSA) is 72.3 Å². The van der Waals surface area contributed by atoms with Crippen LogP contribution in [0.15, 0.2) is 12.3 Å². The summed E-state index contributed by atoms with van der Waals surface area (Å²) in [6.45, 7) is -0.0288. The van der Waals surface area contributed by atoms with E-state index in [1.54, 1.807) is 0 Å². The molecule has 1 aromatic rings. The Morgan fingerprint density at radius 1 is 1.77 bits per heavy atom. The molecule has 0 unspecified atom stereocenters. The van der Waals surface area contributed by atoms with Crippen molar-refractivity contribution in [2.45, 2.75) is 0 Å². The summed E-state index contributed by atoms with van der Waals surface area (Å²) in [7, 11) is 0. The van der Waals surface area contributed by atoms with Crippen LogP contribution in [0, 0.1) is 12.3 Å². The molecule has 0 aliphatic carbocycles. The molecule has 66 valence electrons. The quantitative estimate of drug-likeness (QED) is 0.668. The van der Waals surface area contributed by atoms with E-state index < -0.39 is 5.97 Å². The number of aromatic nitrogens is 2. The number of terminal acetylenes is 1. The number of hydrogen-bond acceptors (Lipinski definition) is 4. The Labute approximate surface area is 74.4 Å². The third-order valence-corrected chi connectivity index (χ3v) is 1.21. The first kappa shape index (κ1) is 9.00. The van der Waals surface area contributed by atoms with Gasteiger partial charge in [0, 0.05) is 0 Å². The number of ether oxygens (including phenoxy) is 1. The Morgan fingerprint density at radius 2 is 2.54 bits per heavy atom. The number of nitrogens with zero attached hydrogens (tertiary/aromatic N) is 2. The predicted molar refractivity (Wildman–Crippen MR) is 43.3 cm³/mol. The van der Waals surface area contributed by atoms with Gasteiger partial charge in [-0.25, -0.2) is 4.79 Å². The molecule has 1 N–H and O–H groups in total. The Kier molecular flexibility index (Phi) is 2.82. The van der Waals surface area contributed by atoms with Crippen LogP contribution in [-0.2, 0) is 0 Å². The van der Waals surface area contributed by atoms with Crippen LogP contribution in [0.4, 0.5) is 0 Å². The molecule has 0 aliphatic heterocycles. The lowest BCUT2D eigenvalue weighted by molar-refractivity contribution is 0.0691. The molecule has 13 heavy (non-hydrogen) atoms. The van der Waals surface area contributed by atoms with Gasteiger partial charge in [0.1, 0.15) is 5.56 Å². The fourth-order valence-corrected chi connectivity index (χ4v) is 0.698. The van der Waals surface area contributed by atoms with Gasteiger partial charge in [-0.15, -0.1) is 11.5 Å². The van der Waals surface area contributed by atoms with Gasteiger partial charge in [0.2, 0.25) is 5.88 Å². The molecule has 1 aromatic heterocycles. The van der Waals surface area contributed by atoms with E-state index in [0.29, 0.717) is 0 Å². The van der Waals surface area contributed by atoms with E-state index in [2.05, 4.69) is 16.1 Å². The van der Waals surface area contributed by atoms with Crippen LogP contribution >= 0.6 is 0 Å². The summed E-state index contributed by atoms with van der Waals surface area (Å²) in [6, 6.07) is 1.29. The minimum absolute atomic E-state index is 0.0288. The normalized spacial score (nSPS) is 8.85. The lowest BCUT2D eigenvalue weighted by atomic mass is 10.3. The van der Waals surface area contributed by atoms with Gasteiger partial charge in [0.25, 0.3) is 0 Å². The molecule has 0 radical (unpaired) electrons. The summed E-state index contributed by atoms with van der Waals surface area (Å²) >= 11 is 0. The van der Waals surface area contributed by atoms with E-state index >= 15 is 0 Å². The van der Waals surface area contributed by atoms with Crippen molar-refractivity contribution in [1.29, 1.82) is 0 Å². The van der Waals surface area contributed by atoms with Gasteiger partial charge in [0.05, 0.1) is 6.20 Å². The molecule has 0 aromatic carbocycles. The van der Waals surface area contributed by atoms with Crippen LogP contribution in [0.1, 0.15) is 10.4 Å². The number of carbonyl (C=O) groups is 1. The highest BCUT2D eigenvalue weighted by Gasteiger charge is 2.11. The smallest absolute Gasteiger partial charge is 0.341 e. The van der Waals surface area contributed by atoms with E-state index in [1.165, 1.54) is 12.3 Å². The van der Waals surface area contributed by atoms with Gasteiger partial charge in [-0.2, -0.15) is 5.10 Å². The molecule has 0 bridgehead atoms. The maximum Gasteiger partial charge on any atom is 0.341 e. The van der Waals surface area contributed by atoms with Crippen LogP contribution in [0.25, 0.3) is 0 Å². The number of carboxylic acid groups (broad SMARTS) is 1. The molecule has 5 heteroatoms. The third kappa shape index (κ3) is 2.17. The second kappa shape index (κ2) is 4.07. The lowest BCUT2D eigenvalue weighted by Crippen LogP contribution is -2.05. The first-order chi connectivity index (χ1) is 6.25. The van der Waals surface area contributed by atoms with Crippen molar-refractivity contribution in [3.63, 3.8) is 0 Å². The van der Waals surface area contributed by atoms with Crippen LogP contribution in [0.2, 0.25) is 0 Å². The van der Waals surface area contributed by atoms with Gasteiger partial charge in [0.15, 0.2) is 6.61 Å². The molecule has 0 saturated heterocycles. The number of carboxylic acids is 1. The maximum atomic E-state index is 10.6. The molecule has 0 amide bonds. The largest absolute Gasteiger partial charge is 0.477 e. The zero-order chi connectivity index (χ0) is 9.68. The minimum atomic E-state index is -1.12. The zero-order valence-electron chi connectivity index (χ0n) is 6.60. The highest BCUT2D eigenvalue weighted by molar-refractivity contribution is 5.89. The number of hydrogen-bond donors (Lipinski definition) is 1. The standard InChI is InChI=1S/C8H6N2O3/c1-2-5-13-7-6(8(11)12)3-4-9-10-7/h1,3-4H,5H2,(H,11,12). The monoisotopic (exact) mass is 178 g/mol. The summed E-state index contributed by atoms with van der Waals surface area (Å²) in [5.74, 6) is 1.01. The maximum absolute atomic E-state index is 10.6. The molecule has 5 nitrogen and oxygen atoms in total. The molecule has 0 atom stereocenters. The zero-order valence-corrected chi connectivity index (χ0v) is 6.60. The van der Waals surface area contributed by atoms with Crippen molar-refractivity contribution in [2.75, 3.05) is 6.61 Å². The fourth-order valence-electron chi connectivity index (χ4n) is 0.698. The van der Waals surface area contributed by atoms with E-state index in [1.807, 2.05) is 0 Å². The van der Waals surface area contributed by atoms with Crippen molar-refractivity contribution < 1.29 is 14.6 Å². The predicted octanol–water partition coefficient (Wildman–Crippen LogP) is 0.187. The SMILES string of the molecule is C#CCOc1nnccc1C(=O)O. The van der Waals surface area contributed by atoms with Crippen LogP contribution in [0.3, 0.4) is 0 Å². The Hall–Kier alpha value is -2.09. The summed E-state index contributed by atoms with van der Waals surface area (Å²) < 4.78 is 4.86. The minimum Gasteiger partial charge on any atom is -0.477 e. The highest BCUT2D eigenvalue weighted by Crippen LogP contribution is 2.11. The van der Waals surface area contributed by atoms with Crippen LogP contribution < -0.4 is 4.74 Å². The molecular formula is C8H6N2O3. The van der Waals surface area contributed by atoms with Crippen molar-refractivity contribution in [1.82, 2.24) is 10.2 Å². The molecule has 1 heterocycles. The summed E-state index contributed by atoms with van der Waals surface area (Å²) in [5.41, 5.74) is -0.0507. The number of rotatable bonds is 3. The van der Waals surface area contributed by atoms with E-state index in [4.69, 9.17) is 16.3 Å². The summed E-state index contributed by atoms with van der Waals surface area (Å²) in [6.07, 6.45) is 6.20. The van der Waals surface area contributed by atoms with E-state index in [9.17, 15) is 4.79 Å². The molecular weight excluding hydrogens is 172 g/mol. The van der Waals surface area contributed by atoms with Crippen molar-refractivity contribution in [3.05, 3.63) is 17.8 Å². The fraction of sp³-hybridized carbons (Fsp3) is 0.125. The van der Waals surface area contributed by atoms with E-state index in [0.717, 1.165) is 0 Å². The molecule has 0 spiro atoms.